The number of fused-ring (bicyclic) bond motifs is 1. The fourth-order valence-corrected chi connectivity index (χ4v) is 2.88. The number of H-pyrrole nitrogens is 1. The Hall–Kier alpha value is -2.13. The molecule has 0 amide bonds. The molecule has 1 saturated heterocycles. The summed E-state index contributed by atoms with van der Waals surface area (Å²) in [5.41, 5.74) is 4.35. The van der Waals surface area contributed by atoms with Crippen LogP contribution in [0, 0.1) is 6.92 Å². The lowest BCUT2D eigenvalue weighted by molar-refractivity contribution is -0.0608. The molecule has 0 radical (unpaired) electrons. The van der Waals surface area contributed by atoms with E-state index in [1.165, 1.54) is 20.0 Å². The Balaban J connectivity index is 2.17. The second-order valence-electron chi connectivity index (χ2n) is 5.49. The average Bonchev–Trinajstić information content (AvgIpc) is 2.85. The lowest BCUT2D eigenvalue weighted by Crippen LogP contribution is -2.49. The number of nitrogens with one attached hydrogen (secondary N) is 1. The highest BCUT2D eigenvalue weighted by Gasteiger charge is 2.82. The minimum absolute atomic E-state index is 0.259. The van der Waals surface area contributed by atoms with Gasteiger partial charge in [-0.15, -0.1) is 0 Å². The predicted molar refractivity (Wildman–Crippen MR) is 68.5 cm³/mol. The van der Waals surface area contributed by atoms with Crippen molar-refractivity contribution in [3.8, 4) is 0 Å². The summed E-state index contributed by atoms with van der Waals surface area (Å²) in [7, 11) is 0. The number of hydrogen-bond donors (Lipinski definition) is 3. The van der Waals surface area contributed by atoms with Crippen molar-refractivity contribution in [2.75, 3.05) is 0 Å². The Morgan fingerprint density at radius 2 is 2.24 bits per heavy atom. The van der Waals surface area contributed by atoms with Crippen LogP contribution < -0.4 is 11.2 Å². The van der Waals surface area contributed by atoms with Gasteiger partial charge in [0.15, 0.2) is 6.23 Å². The molecule has 1 saturated carbocycles. The van der Waals surface area contributed by atoms with Crippen molar-refractivity contribution >= 4 is 0 Å². The Labute approximate surface area is 117 Å². The van der Waals surface area contributed by atoms with Crippen LogP contribution in [-0.4, -0.2) is 43.1 Å². The summed E-state index contributed by atoms with van der Waals surface area (Å²) in [6, 6.07) is 0. The molecular weight excluding hydrogens is 282 g/mol. The van der Waals surface area contributed by atoms with E-state index in [2.05, 4.69) is 15.0 Å². The fourth-order valence-electron chi connectivity index (χ4n) is 2.88. The van der Waals surface area contributed by atoms with Crippen molar-refractivity contribution in [1.82, 2.24) is 9.55 Å². The number of azide groups is 1. The summed E-state index contributed by atoms with van der Waals surface area (Å²) in [5, 5.41) is 23.6. The van der Waals surface area contributed by atoms with Gasteiger partial charge >= 0.3 is 5.69 Å². The van der Waals surface area contributed by atoms with Crippen LogP contribution in [-0.2, 0) is 4.74 Å². The van der Waals surface area contributed by atoms with Crippen molar-refractivity contribution in [2.24, 2.45) is 5.11 Å². The van der Waals surface area contributed by atoms with E-state index in [0.29, 0.717) is 0 Å². The molecule has 3 N–H and O–H groups in total. The van der Waals surface area contributed by atoms with Crippen LogP contribution in [0.5, 0.6) is 0 Å². The first-order chi connectivity index (χ1) is 9.77. The molecule has 1 unspecified atom stereocenters. The molecule has 21 heavy (non-hydrogen) atoms. The molecule has 1 aromatic heterocycles. The van der Waals surface area contributed by atoms with Gasteiger partial charge in [0.25, 0.3) is 5.56 Å². The molecule has 112 valence electrons. The summed E-state index contributed by atoms with van der Waals surface area (Å²) >= 11 is 0. The molecule has 3 rings (SSSR count). The first-order valence-corrected chi connectivity index (χ1v) is 6.21. The van der Waals surface area contributed by atoms with Gasteiger partial charge in [0.05, 0.1) is 0 Å². The highest BCUT2D eigenvalue weighted by Crippen LogP contribution is 2.60. The van der Waals surface area contributed by atoms with Crippen molar-refractivity contribution in [2.45, 2.75) is 43.4 Å². The smallest absolute Gasteiger partial charge is 0.330 e. The molecule has 1 aromatic rings. The minimum atomic E-state index is -1.76. The number of aliphatic hydroxyl groups excluding tert-OH is 1. The molecule has 10 heteroatoms. The van der Waals surface area contributed by atoms with E-state index < -0.39 is 40.8 Å². The quantitative estimate of drug-likeness (QED) is 0.359. The number of nitrogens with zero attached hydrogens (tertiary/aromatic N) is 4. The first kappa shape index (κ1) is 13.8. The van der Waals surface area contributed by atoms with E-state index in [-0.39, 0.29) is 5.56 Å². The third kappa shape index (κ3) is 1.49. The van der Waals surface area contributed by atoms with E-state index >= 15 is 0 Å². The standard InChI is InChI=1S/C11H13N5O5/c1-4-3-16(9(19)13-7(4)18)8-10(2,14-15-12)11(20)5(17)6(11)21-8/h3,5-6,8,17,20H,1-2H3,(H,13,18,19)/t5?,6-,8-,10+,11-/m1/s1. The minimum Gasteiger partial charge on any atom is -0.387 e. The highest BCUT2D eigenvalue weighted by molar-refractivity contribution is 5.32. The van der Waals surface area contributed by atoms with Crippen LogP contribution in [0.2, 0.25) is 0 Å². The SMILES string of the molecule is Cc1cn([C@@H]2O[C@@H]3C(O)[C@]3(O)[C@@]2(C)N=[N+]=[N-])c(=O)[nH]c1=O. The number of aryl methyl sites for hydroxylation is 1. The molecule has 10 nitrogen and oxygen atoms in total. The van der Waals surface area contributed by atoms with Gasteiger partial charge < -0.3 is 14.9 Å². The normalized spacial score (nSPS) is 40.5. The van der Waals surface area contributed by atoms with Crippen molar-refractivity contribution in [1.29, 1.82) is 0 Å². The average molecular weight is 295 g/mol. The lowest BCUT2D eigenvalue weighted by Gasteiger charge is -2.32. The molecule has 2 aliphatic rings. The van der Waals surface area contributed by atoms with Crippen molar-refractivity contribution in [3.05, 3.63) is 43.0 Å². The summed E-state index contributed by atoms with van der Waals surface area (Å²) in [6.07, 6.45) is -2.01. The Morgan fingerprint density at radius 1 is 1.57 bits per heavy atom. The molecule has 0 bridgehead atoms. The third-order valence-corrected chi connectivity index (χ3v) is 4.28. The van der Waals surface area contributed by atoms with E-state index in [4.69, 9.17) is 10.3 Å². The second kappa shape index (κ2) is 3.95. The zero-order chi connectivity index (χ0) is 15.6. The topological polar surface area (TPSA) is 153 Å². The number of aromatic amines is 1. The predicted octanol–water partition coefficient (Wildman–Crippen LogP) is -1.08. The monoisotopic (exact) mass is 295 g/mol. The molecule has 0 aromatic carbocycles. The number of rotatable bonds is 2. The summed E-state index contributed by atoms with van der Waals surface area (Å²) in [4.78, 5) is 28.1. The zero-order valence-corrected chi connectivity index (χ0v) is 11.2. The fraction of sp³-hybridized carbons (Fsp3) is 0.636. The van der Waals surface area contributed by atoms with Gasteiger partial charge in [-0.3, -0.25) is 14.3 Å². The summed E-state index contributed by atoms with van der Waals surface area (Å²) in [5.74, 6) is 0. The van der Waals surface area contributed by atoms with E-state index in [9.17, 15) is 19.8 Å². The molecule has 2 heterocycles. The Morgan fingerprint density at radius 3 is 2.86 bits per heavy atom. The van der Waals surface area contributed by atoms with Crippen LogP contribution in [0.25, 0.3) is 10.4 Å². The Bertz CT molecular complexity index is 780. The van der Waals surface area contributed by atoms with Gasteiger partial charge in [-0.2, -0.15) is 0 Å². The third-order valence-electron chi connectivity index (χ3n) is 4.28. The summed E-state index contributed by atoms with van der Waals surface area (Å²) < 4.78 is 6.50. The lowest BCUT2D eigenvalue weighted by atomic mass is 9.92. The molecule has 2 fully saturated rings. The first-order valence-electron chi connectivity index (χ1n) is 6.21. The van der Waals surface area contributed by atoms with Crippen molar-refractivity contribution in [3.63, 3.8) is 0 Å². The van der Waals surface area contributed by atoms with Gasteiger partial charge in [0.2, 0.25) is 0 Å². The number of aromatic nitrogens is 2. The number of ether oxygens (including phenoxy) is 1. The van der Waals surface area contributed by atoms with E-state index in [1.807, 2.05) is 0 Å². The van der Waals surface area contributed by atoms with Gasteiger partial charge in [-0.1, -0.05) is 5.11 Å². The second-order valence-corrected chi connectivity index (χ2v) is 5.49. The number of aliphatic hydroxyl groups is 2. The largest absolute Gasteiger partial charge is 0.387 e. The molecular formula is C11H13N5O5. The van der Waals surface area contributed by atoms with Crippen LogP contribution in [0.1, 0.15) is 18.7 Å². The maximum absolute atomic E-state index is 11.9. The van der Waals surface area contributed by atoms with Crippen molar-refractivity contribution < 1.29 is 14.9 Å². The molecule has 1 aliphatic heterocycles. The number of hydrogen-bond acceptors (Lipinski definition) is 6. The maximum atomic E-state index is 11.9. The van der Waals surface area contributed by atoms with Gasteiger partial charge in [-0.25, -0.2) is 4.79 Å². The Kier molecular flexibility index (Phi) is 2.60. The highest BCUT2D eigenvalue weighted by atomic mass is 16.6. The summed E-state index contributed by atoms with van der Waals surface area (Å²) in [6.45, 7) is 2.89. The van der Waals surface area contributed by atoms with Gasteiger partial charge in [-0.05, 0) is 19.4 Å². The molecule has 0 spiro atoms. The molecule has 1 aliphatic carbocycles. The van der Waals surface area contributed by atoms with Crippen LogP contribution in [0.4, 0.5) is 0 Å². The van der Waals surface area contributed by atoms with Crippen LogP contribution in [0.3, 0.4) is 0 Å². The maximum Gasteiger partial charge on any atom is 0.330 e. The molecule has 5 atom stereocenters. The van der Waals surface area contributed by atoms with Crippen LogP contribution in [0.15, 0.2) is 20.9 Å². The van der Waals surface area contributed by atoms with Gasteiger partial charge in [0, 0.05) is 16.7 Å². The van der Waals surface area contributed by atoms with Crippen LogP contribution >= 0.6 is 0 Å². The van der Waals surface area contributed by atoms with E-state index in [0.717, 1.165) is 4.57 Å². The van der Waals surface area contributed by atoms with E-state index in [1.54, 1.807) is 0 Å². The zero-order valence-electron chi connectivity index (χ0n) is 11.2. The van der Waals surface area contributed by atoms with Gasteiger partial charge in [0.1, 0.15) is 23.3 Å².